The number of nitro benzene ring substituents is 1. The van der Waals surface area contributed by atoms with Gasteiger partial charge in [-0.3, -0.25) is 19.7 Å². The standard InChI is InChI=1S/C16H15N3O7S/c20-15(18-13-8-4-5-9-14(13)19(22)23)11-26-16(21)10-17-27(24,25)12-6-2-1-3-7-12/h1-9,17H,10-11H2,(H,18,20). The highest BCUT2D eigenvalue weighted by molar-refractivity contribution is 7.89. The molecule has 11 heteroatoms. The molecule has 10 nitrogen and oxygen atoms in total. The van der Waals surface area contributed by atoms with E-state index in [0.29, 0.717) is 0 Å². The molecule has 0 radical (unpaired) electrons. The first-order valence-electron chi connectivity index (χ1n) is 7.53. The number of hydrogen-bond donors (Lipinski definition) is 2. The van der Waals surface area contributed by atoms with Crippen molar-refractivity contribution in [1.29, 1.82) is 0 Å². The highest BCUT2D eigenvalue weighted by atomic mass is 32.2. The number of ether oxygens (including phenoxy) is 1. The minimum atomic E-state index is -3.88. The first-order chi connectivity index (χ1) is 12.8. The maximum atomic E-state index is 12.0. The molecule has 142 valence electrons. The number of amides is 1. The fourth-order valence-corrected chi connectivity index (χ4v) is 2.95. The predicted octanol–water partition coefficient (Wildman–Crippen LogP) is 1.05. The van der Waals surface area contributed by atoms with Crippen LogP contribution in [-0.2, 0) is 24.3 Å². The molecule has 0 fully saturated rings. The Hall–Kier alpha value is -3.31. The van der Waals surface area contributed by atoms with E-state index in [1.54, 1.807) is 6.07 Å². The number of nitrogens with zero attached hydrogens (tertiary/aromatic N) is 1. The molecule has 0 aromatic heterocycles. The molecule has 2 aromatic carbocycles. The molecule has 0 aliphatic carbocycles. The van der Waals surface area contributed by atoms with Crippen molar-refractivity contribution in [2.75, 3.05) is 18.5 Å². The molecule has 0 saturated heterocycles. The molecule has 0 atom stereocenters. The van der Waals surface area contributed by atoms with Crippen LogP contribution >= 0.6 is 0 Å². The predicted molar refractivity (Wildman–Crippen MR) is 94.3 cm³/mol. The molecule has 0 aliphatic rings. The largest absolute Gasteiger partial charge is 0.455 e. The third kappa shape index (κ3) is 5.87. The number of nitro groups is 1. The van der Waals surface area contributed by atoms with Crippen molar-refractivity contribution in [3.63, 3.8) is 0 Å². The molecular weight excluding hydrogens is 378 g/mol. The van der Waals surface area contributed by atoms with Crippen LogP contribution in [0.2, 0.25) is 0 Å². The Morgan fingerprint density at radius 1 is 1.04 bits per heavy atom. The van der Waals surface area contributed by atoms with Gasteiger partial charge in [-0.15, -0.1) is 0 Å². The van der Waals surface area contributed by atoms with Crippen LogP contribution in [0.3, 0.4) is 0 Å². The normalized spacial score (nSPS) is 10.8. The van der Waals surface area contributed by atoms with Gasteiger partial charge in [-0.1, -0.05) is 30.3 Å². The fourth-order valence-electron chi connectivity index (χ4n) is 1.96. The second-order valence-corrected chi connectivity index (χ2v) is 6.89. The van der Waals surface area contributed by atoms with Gasteiger partial charge < -0.3 is 10.1 Å². The maximum Gasteiger partial charge on any atom is 0.321 e. The van der Waals surface area contributed by atoms with E-state index in [-0.39, 0.29) is 16.3 Å². The first-order valence-corrected chi connectivity index (χ1v) is 9.01. The summed E-state index contributed by atoms with van der Waals surface area (Å²) >= 11 is 0. The topological polar surface area (TPSA) is 145 Å². The van der Waals surface area contributed by atoms with E-state index in [0.717, 1.165) is 0 Å². The molecule has 0 heterocycles. The van der Waals surface area contributed by atoms with Gasteiger partial charge in [0.05, 0.1) is 9.82 Å². The van der Waals surface area contributed by atoms with Crippen LogP contribution in [0.5, 0.6) is 0 Å². The van der Waals surface area contributed by atoms with Crippen molar-refractivity contribution in [3.8, 4) is 0 Å². The molecule has 27 heavy (non-hydrogen) atoms. The summed E-state index contributed by atoms with van der Waals surface area (Å²) in [5, 5.41) is 13.1. The van der Waals surface area contributed by atoms with E-state index < -0.39 is 40.0 Å². The van der Waals surface area contributed by atoms with E-state index in [1.165, 1.54) is 48.5 Å². The molecule has 0 aliphatic heterocycles. The number of anilines is 1. The Morgan fingerprint density at radius 3 is 2.33 bits per heavy atom. The Balaban J connectivity index is 1.84. The van der Waals surface area contributed by atoms with Crippen LogP contribution in [0.1, 0.15) is 0 Å². The molecule has 1 amide bonds. The lowest BCUT2D eigenvalue weighted by molar-refractivity contribution is -0.383. The number of nitrogens with one attached hydrogen (secondary N) is 2. The molecule has 0 bridgehead atoms. The highest BCUT2D eigenvalue weighted by Gasteiger charge is 2.18. The van der Waals surface area contributed by atoms with Gasteiger partial charge >= 0.3 is 5.97 Å². The second kappa shape index (κ2) is 8.87. The van der Waals surface area contributed by atoms with Crippen LogP contribution in [0.25, 0.3) is 0 Å². The van der Waals surface area contributed by atoms with Gasteiger partial charge in [-0.05, 0) is 18.2 Å². The van der Waals surface area contributed by atoms with Gasteiger partial charge in [0.25, 0.3) is 11.6 Å². The Kier molecular flexibility index (Phi) is 6.57. The van der Waals surface area contributed by atoms with Crippen LogP contribution in [0.15, 0.2) is 59.5 Å². The summed E-state index contributed by atoms with van der Waals surface area (Å²) in [5.74, 6) is -1.78. The molecule has 0 spiro atoms. The Bertz CT molecular complexity index is 945. The summed E-state index contributed by atoms with van der Waals surface area (Å²) in [4.78, 5) is 33.6. The number of rotatable bonds is 8. The van der Waals surface area contributed by atoms with Crippen molar-refractivity contribution in [3.05, 3.63) is 64.7 Å². The number of sulfonamides is 1. The summed E-state index contributed by atoms with van der Waals surface area (Å²) < 4.78 is 30.6. The zero-order valence-corrected chi connectivity index (χ0v) is 14.6. The maximum absolute atomic E-state index is 12.0. The van der Waals surface area contributed by atoms with Gasteiger partial charge in [0.2, 0.25) is 10.0 Å². The van der Waals surface area contributed by atoms with E-state index in [1.807, 2.05) is 4.72 Å². The van der Waals surface area contributed by atoms with E-state index in [2.05, 4.69) is 10.1 Å². The van der Waals surface area contributed by atoms with Gasteiger partial charge in [-0.2, -0.15) is 4.72 Å². The summed E-state index contributed by atoms with van der Waals surface area (Å²) in [5.41, 5.74) is -0.360. The van der Waals surface area contributed by atoms with Gasteiger partial charge in [-0.25, -0.2) is 8.42 Å². The van der Waals surface area contributed by atoms with Crippen molar-refractivity contribution in [1.82, 2.24) is 4.72 Å². The van der Waals surface area contributed by atoms with Gasteiger partial charge in [0.1, 0.15) is 12.2 Å². The molecule has 2 rings (SSSR count). The average molecular weight is 393 g/mol. The zero-order valence-electron chi connectivity index (χ0n) is 13.8. The van der Waals surface area contributed by atoms with Crippen molar-refractivity contribution in [2.24, 2.45) is 0 Å². The summed E-state index contributed by atoms with van der Waals surface area (Å²) in [7, 11) is -3.88. The van der Waals surface area contributed by atoms with E-state index in [4.69, 9.17) is 0 Å². The van der Waals surface area contributed by atoms with Crippen LogP contribution in [0, 0.1) is 10.1 Å². The summed E-state index contributed by atoms with van der Waals surface area (Å²) in [6, 6.07) is 12.9. The van der Waals surface area contributed by atoms with Crippen LogP contribution < -0.4 is 10.0 Å². The lowest BCUT2D eigenvalue weighted by Crippen LogP contribution is -2.32. The molecule has 2 aromatic rings. The summed E-state index contributed by atoms with van der Waals surface area (Å²) in [6.07, 6.45) is 0. The number of para-hydroxylation sites is 2. The van der Waals surface area contributed by atoms with E-state index >= 15 is 0 Å². The minimum Gasteiger partial charge on any atom is -0.455 e. The van der Waals surface area contributed by atoms with Gasteiger partial charge in [0, 0.05) is 6.07 Å². The quantitative estimate of drug-likeness (QED) is 0.387. The number of carbonyl (C=O) groups is 2. The third-order valence-corrected chi connectivity index (χ3v) is 4.62. The fraction of sp³-hybridized carbons (Fsp3) is 0.125. The number of esters is 1. The zero-order chi connectivity index (χ0) is 19.9. The van der Waals surface area contributed by atoms with Crippen molar-refractivity contribution in [2.45, 2.75) is 4.90 Å². The Morgan fingerprint density at radius 2 is 1.67 bits per heavy atom. The summed E-state index contributed by atoms with van der Waals surface area (Å²) in [6.45, 7) is -1.39. The number of hydrogen-bond acceptors (Lipinski definition) is 7. The van der Waals surface area contributed by atoms with Crippen LogP contribution in [-0.4, -0.2) is 38.4 Å². The monoisotopic (exact) mass is 393 g/mol. The lowest BCUT2D eigenvalue weighted by Gasteiger charge is -2.08. The third-order valence-electron chi connectivity index (χ3n) is 3.20. The van der Waals surface area contributed by atoms with Gasteiger partial charge in [0.15, 0.2) is 6.61 Å². The molecule has 0 unspecified atom stereocenters. The smallest absolute Gasteiger partial charge is 0.321 e. The Labute approximate surface area is 154 Å². The second-order valence-electron chi connectivity index (χ2n) is 5.12. The lowest BCUT2D eigenvalue weighted by atomic mass is 10.2. The average Bonchev–Trinajstić information content (AvgIpc) is 2.66. The van der Waals surface area contributed by atoms with Crippen LogP contribution in [0.4, 0.5) is 11.4 Å². The number of benzene rings is 2. The first kappa shape index (κ1) is 20.0. The number of carbonyl (C=O) groups excluding carboxylic acids is 2. The minimum absolute atomic E-state index is 0.0214. The SMILES string of the molecule is O=C(COC(=O)CNS(=O)(=O)c1ccccc1)Nc1ccccc1[N+](=O)[O-]. The molecule has 0 saturated carbocycles. The van der Waals surface area contributed by atoms with Crippen molar-refractivity contribution < 1.29 is 27.7 Å². The van der Waals surface area contributed by atoms with Crippen molar-refractivity contribution >= 4 is 33.3 Å². The molecule has 2 N–H and O–H groups in total. The highest BCUT2D eigenvalue weighted by Crippen LogP contribution is 2.22. The molecular formula is C16H15N3O7S. The van der Waals surface area contributed by atoms with E-state index in [9.17, 15) is 28.1 Å².